The van der Waals surface area contributed by atoms with Crippen LogP contribution in [0.4, 0.5) is 8.78 Å². The van der Waals surface area contributed by atoms with Crippen LogP contribution in [0.25, 0.3) is 17.0 Å². The van der Waals surface area contributed by atoms with E-state index in [1.54, 1.807) is 0 Å². The van der Waals surface area contributed by atoms with Crippen molar-refractivity contribution in [2.24, 2.45) is 0 Å². The van der Waals surface area contributed by atoms with Crippen LogP contribution < -0.4 is 4.74 Å². The third-order valence-corrected chi connectivity index (χ3v) is 4.17. The van der Waals surface area contributed by atoms with E-state index in [0.717, 1.165) is 11.6 Å². The Kier molecular flexibility index (Phi) is 4.45. The van der Waals surface area contributed by atoms with E-state index in [0.29, 0.717) is 30.4 Å². The summed E-state index contributed by atoms with van der Waals surface area (Å²) in [4.78, 5) is 4.43. The molecule has 0 saturated heterocycles. The average Bonchev–Trinajstić information content (AvgIpc) is 2.92. The Balaban J connectivity index is 2.22. The van der Waals surface area contributed by atoms with Crippen LogP contribution in [0.3, 0.4) is 0 Å². The van der Waals surface area contributed by atoms with Gasteiger partial charge in [-0.1, -0.05) is 25.1 Å². The normalized spacial score (nSPS) is 15.8. The van der Waals surface area contributed by atoms with Crippen molar-refractivity contribution in [1.29, 1.82) is 0 Å². The van der Waals surface area contributed by atoms with E-state index in [9.17, 15) is 8.78 Å². The number of ether oxygens (including phenoxy) is 2. The molecule has 3 nitrogen and oxygen atoms in total. The molecule has 126 valence electrons. The molecule has 0 fully saturated rings. The van der Waals surface area contributed by atoms with Gasteiger partial charge in [0.1, 0.15) is 34.5 Å². The fourth-order valence-electron chi connectivity index (χ4n) is 2.65. The predicted molar refractivity (Wildman–Crippen MR) is 89.2 cm³/mol. The summed E-state index contributed by atoms with van der Waals surface area (Å²) >= 11 is 5.81. The summed E-state index contributed by atoms with van der Waals surface area (Å²) in [7, 11) is 0. The van der Waals surface area contributed by atoms with E-state index >= 15 is 0 Å². The first kappa shape index (κ1) is 16.7. The van der Waals surface area contributed by atoms with Crippen LogP contribution in [0.5, 0.6) is 5.75 Å². The van der Waals surface area contributed by atoms with Gasteiger partial charge in [-0.25, -0.2) is 13.8 Å². The number of benzene rings is 1. The van der Waals surface area contributed by atoms with Gasteiger partial charge in [0.25, 0.3) is 0 Å². The molecule has 0 saturated carbocycles. The molecule has 1 aliphatic heterocycles. The summed E-state index contributed by atoms with van der Waals surface area (Å²) in [6.07, 6.45) is 0. The van der Waals surface area contributed by atoms with Gasteiger partial charge in [-0.2, -0.15) is 0 Å². The number of fused-ring (bicyclic) bond motifs is 1. The van der Waals surface area contributed by atoms with Crippen LogP contribution in [0.2, 0.25) is 5.02 Å². The lowest BCUT2D eigenvalue weighted by atomic mass is 9.99. The number of aromatic nitrogens is 1. The van der Waals surface area contributed by atoms with Crippen LogP contribution in [0.15, 0.2) is 24.8 Å². The first-order valence-corrected chi connectivity index (χ1v) is 7.94. The van der Waals surface area contributed by atoms with Crippen molar-refractivity contribution in [3.63, 3.8) is 0 Å². The quantitative estimate of drug-likeness (QED) is 0.561. The Morgan fingerprint density at radius 3 is 2.83 bits per heavy atom. The van der Waals surface area contributed by atoms with Crippen LogP contribution in [0, 0.1) is 11.6 Å². The summed E-state index contributed by atoms with van der Waals surface area (Å²) in [6, 6.07) is 3.79. The Labute approximate surface area is 143 Å². The minimum absolute atomic E-state index is 0.0814. The maximum absolute atomic E-state index is 14.3. The molecule has 2 aromatic rings. The van der Waals surface area contributed by atoms with E-state index in [2.05, 4.69) is 11.6 Å². The number of pyridine rings is 1. The molecule has 1 unspecified atom stereocenters. The second kappa shape index (κ2) is 6.40. The SMILES string of the molecule is C=C(OCC)c1cc2c(c(-c3cc(Cl)c(F)cc3F)n1)OCC2C. The molecule has 0 radical (unpaired) electrons. The third-order valence-electron chi connectivity index (χ3n) is 3.88. The van der Waals surface area contributed by atoms with Gasteiger partial charge in [0.2, 0.25) is 0 Å². The van der Waals surface area contributed by atoms with Crippen LogP contribution >= 0.6 is 11.6 Å². The van der Waals surface area contributed by atoms with Gasteiger partial charge in [-0.05, 0) is 19.1 Å². The molecular weight excluding hydrogens is 336 g/mol. The molecule has 0 amide bonds. The molecule has 1 aliphatic rings. The summed E-state index contributed by atoms with van der Waals surface area (Å²) in [6.45, 7) is 8.59. The zero-order valence-electron chi connectivity index (χ0n) is 13.3. The van der Waals surface area contributed by atoms with Crippen LogP contribution in [0.1, 0.15) is 31.0 Å². The maximum atomic E-state index is 14.3. The standard InChI is InChI=1S/C18H16ClF2NO2/c1-4-23-10(3)16-6-11-9(2)8-24-18(11)17(22-16)12-5-13(19)15(21)7-14(12)20/h5-7,9H,3-4,8H2,1-2H3. The lowest BCUT2D eigenvalue weighted by Gasteiger charge is -2.13. The third kappa shape index (κ3) is 2.84. The van der Waals surface area contributed by atoms with Gasteiger partial charge in [0.15, 0.2) is 0 Å². The fraction of sp³-hybridized carbons (Fsp3) is 0.278. The van der Waals surface area contributed by atoms with E-state index < -0.39 is 11.6 Å². The molecule has 24 heavy (non-hydrogen) atoms. The Bertz CT molecular complexity index is 823. The van der Waals surface area contributed by atoms with Crippen molar-refractivity contribution in [2.75, 3.05) is 13.2 Å². The molecule has 0 aliphatic carbocycles. The maximum Gasteiger partial charge on any atom is 0.149 e. The molecule has 0 N–H and O–H groups in total. The highest BCUT2D eigenvalue weighted by molar-refractivity contribution is 6.31. The Morgan fingerprint density at radius 2 is 2.12 bits per heavy atom. The smallest absolute Gasteiger partial charge is 0.149 e. The molecule has 1 aromatic carbocycles. The van der Waals surface area contributed by atoms with Crippen LogP contribution in [-0.4, -0.2) is 18.2 Å². The number of nitrogens with zero attached hydrogens (tertiary/aromatic N) is 1. The summed E-state index contributed by atoms with van der Waals surface area (Å²) in [5.74, 6) is -0.590. The van der Waals surface area contributed by atoms with Gasteiger partial charge in [0.05, 0.1) is 18.2 Å². The molecule has 1 aromatic heterocycles. The minimum atomic E-state index is -0.821. The van der Waals surface area contributed by atoms with E-state index in [1.165, 1.54) is 6.07 Å². The highest BCUT2D eigenvalue weighted by Crippen LogP contribution is 2.43. The highest BCUT2D eigenvalue weighted by Gasteiger charge is 2.28. The first-order chi connectivity index (χ1) is 11.4. The van der Waals surface area contributed by atoms with E-state index in [1.807, 2.05) is 19.9 Å². The van der Waals surface area contributed by atoms with Gasteiger partial charge >= 0.3 is 0 Å². The predicted octanol–water partition coefficient (Wildman–Crippen LogP) is 5.18. The minimum Gasteiger partial charge on any atom is -0.492 e. The Morgan fingerprint density at radius 1 is 1.38 bits per heavy atom. The summed E-state index contributed by atoms with van der Waals surface area (Å²) in [5.41, 5.74) is 1.73. The summed E-state index contributed by atoms with van der Waals surface area (Å²) < 4.78 is 38.9. The van der Waals surface area contributed by atoms with Crippen molar-refractivity contribution in [2.45, 2.75) is 19.8 Å². The second-order valence-electron chi connectivity index (χ2n) is 5.59. The molecule has 0 spiro atoms. The van der Waals surface area contributed by atoms with Crippen molar-refractivity contribution in [1.82, 2.24) is 4.98 Å². The van der Waals surface area contributed by atoms with Gasteiger partial charge in [0, 0.05) is 23.1 Å². The van der Waals surface area contributed by atoms with Crippen LogP contribution in [-0.2, 0) is 4.74 Å². The molecule has 3 rings (SSSR count). The van der Waals surface area contributed by atoms with Gasteiger partial charge in [-0.3, -0.25) is 0 Å². The van der Waals surface area contributed by atoms with Crippen molar-refractivity contribution < 1.29 is 18.3 Å². The fourth-order valence-corrected chi connectivity index (χ4v) is 2.81. The van der Waals surface area contributed by atoms with Gasteiger partial charge in [-0.15, -0.1) is 0 Å². The number of halogens is 3. The topological polar surface area (TPSA) is 31.4 Å². The zero-order chi connectivity index (χ0) is 17.4. The largest absolute Gasteiger partial charge is 0.492 e. The number of hydrogen-bond donors (Lipinski definition) is 0. The van der Waals surface area contributed by atoms with Crippen molar-refractivity contribution in [3.8, 4) is 17.0 Å². The molecule has 0 bridgehead atoms. The second-order valence-corrected chi connectivity index (χ2v) is 6.00. The number of rotatable bonds is 4. The van der Waals surface area contributed by atoms with E-state index in [4.69, 9.17) is 21.1 Å². The zero-order valence-corrected chi connectivity index (χ0v) is 14.1. The van der Waals surface area contributed by atoms with Gasteiger partial charge < -0.3 is 9.47 Å². The summed E-state index contributed by atoms with van der Waals surface area (Å²) in [5, 5.41) is -0.179. The monoisotopic (exact) mass is 351 g/mol. The molecule has 2 heterocycles. The molecular formula is C18H16ClF2NO2. The average molecular weight is 352 g/mol. The first-order valence-electron chi connectivity index (χ1n) is 7.57. The van der Waals surface area contributed by atoms with Crippen molar-refractivity contribution >= 4 is 17.4 Å². The highest BCUT2D eigenvalue weighted by atomic mass is 35.5. The lowest BCUT2D eigenvalue weighted by Crippen LogP contribution is -2.00. The lowest BCUT2D eigenvalue weighted by molar-refractivity contribution is 0.297. The van der Waals surface area contributed by atoms with E-state index in [-0.39, 0.29) is 22.2 Å². The molecule has 1 atom stereocenters. The van der Waals surface area contributed by atoms with Crippen molar-refractivity contribution in [3.05, 3.63) is 52.7 Å². The Hall–Kier alpha value is -2.14. The molecule has 6 heteroatoms. The number of hydrogen-bond acceptors (Lipinski definition) is 3.